The number of carbonyl (C=O) groups is 6. The summed E-state index contributed by atoms with van der Waals surface area (Å²) in [5.41, 5.74) is 4.39. The number of para-hydroxylation sites is 4. The normalized spacial score (nSPS) is 12.7. The number of pyridine rings is 4. The smallest absolute Gasteiger partial charge is 0.478 e. The molecule has 752 valence electrons. The average molecular weight is 2010 g/mol. The Morgan fingerprint density at radius 2 is 0.650 bits per heavy atom. The molecule has 143 heavy (non-hydrogen) atoms. The van der Waals surface area contributed by atoms with E-state index < -0.39 is 35.5 Å². The summed E-state index contributed by atoms with van der Waals surface area (Å²) >= 11 is 10.7. The highest BCUT2D eigenvalue weighted by Gasteiger charge is 2.31. The predicted octanol–water partition coefficient (Wildman–Crippen LogP) is 21.6. The van der Waals surface area contributed by atoms with E-state index in [2.05, 4.69) is 54.2 Å². The van der Waals surface area contributed by atoms with Gasteiger partial charge in [0, 0.05) is 121 Å². The van der Waals surface area contributed by atoms with Gasteiger partial charge in [-0.3, -0.25) is 9.59 Å². The molecular formula is C109H126BCl3N14O16. The van der Waals surface area contributed by atoms with Gasteiger partial charge in [-0.05, 0) is 253 Å². The molecule has 4 saturated heterocycles. The van der Waals surface area contributed by atoms with Crippen molar-refractivity contribution in [3.63, 3.8) is 0 Å². The number of nitrogens with one attached hydrogen (secondary N) is 1. The summed E-state index contributed by atoms with van der Waals surface area (Å²) in [6, 6.07) is 84.7. The van der Waals surface area contributed by atoms with E-state index in [0.29, 0.717) is 152 Å². The minimum Gasteiger partial charge on any atom is -0.478 e. The van der Waals surface area contributed by atoms with Crippen molar-refractivity contribution in [3.8, 4) is 91.9 Å². The monoisotopic (exact) mass is 2000 g/mol. The lowest BCUT2D eigenvalue weighted by molar-refractivity contribution is -0.126. The molecule has 12 aromatic rings. The number of piperazine rings is 4. The standard InChI is InChI=1S/C27H28N4O3.C25H23N3O4.C22H21N3O3.C15H19ClN4O2.C12H11BO3.C3H3ClO.5CH4.ClH/c1-27(2,3)34-26(32)31-17-15-30(16-18-31)24-14-11-21(19-28)25(29-24)20-9-12-23(13-10-20)33-22-7-5-4-6-8-22;1-2-23(29)28-16-14-27(15-17-28)22-13-12-21(25(30)31)24(26-22)18-8-10-20(11-9-18)32-19-6-4-3-5-7-19;26-22(27)19-10-11-20(25-14-12-23-13-15-25)24-21(19)16-6-8-18(9-7-16)28-17-4-2-1-3-5-17;1-15(2,3)22-14(21)20-8-6-19(7-9-20)12-5-4-11(10-17)13(16)18-12;14-13(15)10-6-8-12(9-7-10)16-11-4-2-1-3-5-11;1-2-3(4)5;;;;;;/h4-14H,15-18H2,1-3H3;2-13H,1,14-17H2,(H,30,31);1-11,23H,12-15H2,(H,26,27);4-5H,6-9H2,1-3H3;1-9,14-15H;2H,1H2;5*1H4;1H. The lowest BCUT2D eigenvalue weighted by Gasteiger charge is -2.36. The zero-order chi connectivity index (χ0) is 98.0. The minimum absolute atomic E-state index is 0. The summed E-state index contributed by atoms with van der Waals surface area (Å²) < 4.78 is 33.9. The molecule has 4 aliphatic rings. The van der Waals surface area contributed by atoms with Crippen molar-refractivity contribution in [1.82, 2.24) is 40.0 Å². The Kier molecular flexibility index (Phi) is 47.9. The molecule has 4 fully saturated rings. The predicted molar refractivity (Wildman–Crippen MR) is 570 cm³/mol. The first kappa shape index (κ1) is 118. The van der Waals surface area contributed by atoms with Gasteiger partial charge in [-0.15, -0.1) is 12.4 Å². The molecule has 34 heteroatoms. The number of nitriles is 2. The fourth-order valence-electron chi connectivity index (χ4n) is 14.0. The maximum atomic E-state index is 12.3. The molecule has 4 aromatic heterocycles. The number of amides is 3. The van der Waals surface area contributed by atoms with Gasteiger partial charge in [0.1, 0.15) is 97.8 Å². The third-order valence-electron chi connectivity index (χ3n) is 20.9. The lowest BCUT2D eigenvalue weighted by Crippen LogP contribution is -2.50. The van der Waals surface area contributed by atoms with Crippen LogP contribution in [0, 0.1) is 22.7 Å². The third-order valence-corrected chi connectivity index (χ3v) is 21.3. The van der Waals surface area contributed by atoms with Crippen molar-refractivity contribution in [2.45, 2.75) is 89.9 Å². The maximum Gasteiger partial charge on any atom is 0.488 e. The number of aromatic nitrogens is 4. The van der Waals surface area contributed by atoms with Crippen molar-refractivity contribution < 1.29 is 77.4 Å². The number of benzene rings is 8. The number of ether oxygens (including phenoxy) is 6. The van der Waals surface area contributed by atoms with Gasteiger partial charge in [0.2, 0.25) is 11.1 Å². The Labute approximate surface area is 855 Å². The number of carboxylic acids is 2. The maximum absolute atomic E-state index is 12.3. The lowest BCUT2D eigenvalue weighted by atomic mass is 9.80. The Morgan fingerprint density at radius 3 is 0.937 bits per heavy atom. The molecule has 0 radical (unpaired) electrons. The van der Waals surface area contributed by atoms with E-state index in [4.69, 9.17) is 71.9 Å². The van der Waals surface area contributed by atoms with Crippen LogP contribution in [0.4, 0.5) is 32.9 Å². The van der Waals surface area contributed by atoms with Crippen LogP contribution in [0.15, 0.2) is 292 Å². The second-order valence-corrected chi connectivity index (χ2v) is 33.6. The molecule has 30 nitrogen and oxygen atoms in total. The number of halogens is 3. The Morgan fingerprint density at radius 1 is 0.378 bits per heavy atom. The first-order valence-corrected chi connectivity index (χ1v) is 44.7. The highest BCUT2D eigenvalue weighted by Crippen LogP contribution is 2.35. The molecular weight excluding hydrogens is 1880 g/mol. The number of aromatic carboxylic acids is 2. The average Bonchev–Trinajstić information content (AvgIpc) is 0.800. The van der Waals surface area contributed by atoms with E-state index >= 15 is 0 Å². The summed E-state index contributed by atoms with van der Waals surface area (Å²) in [6.45, 7) is 28.4. The largest absolute Gasteiger partial charge is 0.488 e. The van der Waals surface area contributed by atoms with Crippen molar-refractivity contribution in [3.05, 3.63) is 320 Å². The number of rotatable bonds is 20. The van der Waals surface area contributed by atoms with Gasteiger partial charge in [-0.25, -0.2) is 39.1 Å². The first-order chi connectivity index (χ1) is 65.9. The Balaban J connectivity index is 0.000000313. The molecule has 3 amide bonds. The van der Waals surface area contributed by atoms with Crippen LogP contribution >= 0.6 is 35.6 Å². The summed E-state index contributed by atoms with van der Waals surface area (Å²) in [7, 11) is -1.44. The van der Waals surface area contributed by atoms with E-state index in [1.54, 1.807) is 106 Å². The van der Waals surface area contributed by atoms with E-state index in [1.807, 2.05) is 228 Å². The SMILES string of the molecule is C.C.C.C.C.C=CC(=O)Cl.C=CC(=O)N1CCN(c2ccc(C(=O)O)c(-c3ccc(Oc4ccccc4)cc3)n2)CC1.CC(C)(C)OC(=O)N1CCN(c2ccc(C#N)c(-c3ccc(Oc4ccccc4)cc3)n2)CC1.CC(C)(C)OC(=O)N1CCN(c2ccc(C#N)c(Cl)n2)CC1.Cl.O=C(O)c1ccc(N2CCNCC2)nc1-c1ccc(Oc2ccccc2)cc1.OB(O)c1ccc(Oc2ccccc2)cc1. The fourth-order valence-corrected chi connectivity index (χ4v) is 14.2. The summed E-state index contributed by atoms with van der Waals surface area (Å²) in [5, 5.41) is 58.6. The van der Waals surface area contributed by atoms with E-state index in [9.17, 15) is 44.2 Å². The molecule has 8 heterocycles. The van der Waals surface area contributed by atoms with Crippen molar-refractivity contribution in [2.75, 3.05) is 124 Å². The zero-order valence-corrected chi connectivity index (χ0v) is 79.4. The van der Waals surface area contributed by atoms with Gasteiger partial charge in [0.15, 0.2) is 0 Å². The van der Waals surface area contributed by atoms with E-state index in [-0.39, 0.29) is 83.9 Å². The van der Waals surface area contributed by atoms with Crippen molar-refractivity contribution in [2.24, 2.45) is 0 Å². The van der Waals surface area contributed by atoms with E-state index in [1.165, 1.54) is 6.08 Å². The van der Waals surface area contributed by atoms with Crippen LogP contribution in [-0.4, -0.2) is 213 Å². The molecule has 0 atom stereocenters. The molecule has 5 N–H and O–H groups in total. The second kappa shape index (κ2) is 58.0. The molecule has 4 aliphatic heterocycles. The third kappa shape index (κ3) is 36.4. The molecule has 0 unspecified atom stereocenters. The first-order valence-electron chi connectivity index (χ1n) is 44.0. The summed E-state index contributed by atoms with van der Waals surface area (Å²) in [4.78, 5) is 101. The number of hydrogen-bond acceptors (Lipinski definition) is 25. The fraction of sp³-hybridized carbons (Fsp3) is 0.266. The van der Waals surface area contributed by atoms with Crippen LogP contribution in [0.2, 0.25) is 5.15 Å². The van der Waals surface area contributed by atoms with Crippen LogP contribution in [0.25, 0.3) is 33.8 Å². The van der Waals surface area contributed by atoms with Crippen LogP contribution in [0.1, 0.15) is 111 Å². The van der Waals surface area contributed by atoms with Gasteiger partial charge >= 0.3 is 31.2 Å². The number of anilines is 4. The molecule has 0 bridgehead atoms. The number of carbonyl (C=O) groups excluding carboxylic acids is 4. The van der Waals surface area contributed by atoms with Crippen molar-refractivity contribution >= 4 is 107 Å². The minimum atomic E-state index is -1.44. The molecule has 0 saturated carbocycles. The van der Waals surface area contributed by atoms with Crippen LogP contribution in [0.5, 0.6) is 46.0 Å². The molecule has 16 rings (SSSR count). The second-order valence-electron chi connectivity index (χ2n) is 32.9. The topological polar surface area (TPSA) is 373 Å². The van der Waals surface area contributed by atoms with Crippen LogP contribution in [-0.2, 0) is 19.1 Å². The van der Waals surface area contributed by atoms with Gasteiger partial charge in [-0.1, -0.05) is 147 Å². The number of carboxylic acid groups (broad SMARTS) is 2. The zero-order valence-electron chi connectivity index (χ0n) is 77.0. The molecule has 0 spiro atoms. The molecule has 8 aromatic carbocycles. The Hall–Kier alpha value is -15.3. The summed E-state index contributed by atoms with van der Waals surface area (Å²) in [6.07, 6.45) is 1.77. The number of nitrogens with zero attached hydrogens (tertiary/aromatic N) is 13. The molecule has 0 aliphatic carbocycles. The van der Waals surface area contributed by atoms with Gasteiger partial charge in [0.05, 0.1) is 39.3 Å². The van der Waals surface area contributed by atoms with E-state index in [0.717, 1.165) is 78.0 Å². The highest BCUT2D eigenvalue weighted by atomic mass is 35.5. The number of hydrogen-bond donors (Lipinski definition) is 5. The van der Waals surface area contributed by atoms with Crippen LogP contribution < -0.4 is 49.3 Å². The van der Waals surface area contributed by atoms with Crippen LogP contribution in [0.3, 0.4) is 0 Å². The van der Waals surface area contributed by atoms with Gasteiger partial charge in [0.25, 0.3) is 0 Å². The van der Waals surface area contributed by atoms with Crippen molar-refractivity contribution in [1.29, 1.82) is 10.5 Å². The van der Waals surface area contributed by atoms with Gasteiger partial charge < -0.3 is 88.3 Å². The Bertz CT molecular complexity index is 6140. The summed E-state index contributed by atoms with van der Waals surface area (Å²) in [5.74, 6) is 6.56. The highest BCUT2D eigenvalue weighted by molar-refractivity contribution is 6.66. The quantitative estimate of drug-likeness (QED) is 0.0205. The van der Waals surface area contributed by atoms with Gasteiger partial charge in [-0.2, -0.15) is 10.5 Å². The number of allylic oxidation sites excluding steroid dienone is 1.